The average molecular weight is 238 g/mol. The van der Waals surface area contributed by atoms with Gasteiger partial charge in [0.15, 0.2) is 0 Å². The fourth-order valence-electron chi connectivity index (χ4n) is 1.65. The number of terminal acetylenes is 1. The molecule has 0 aromatic rings. The Morgan fingerprint density at radius 3 is 2.47 bits per heavy atom. The molecular weight excluding hydrogens is 224 g/mol. The van der Waals surface area contributed by atoms with Crippen LogP contribution in [0.3, 0.4) is 0 Å². The molecule has 1 fully saturated rings. The summed E-state index contributed by atoms with van der Waals surface area (Å²) in [6, 6.07) is 0. The van der Waals surface area contributed by atoms with Gasteiger partial charge in [-0.2, -0.15) is 0 Å². The third-order valence-corrected chi connectivity index (χ3v) is 2.47. The Morgan fingerprint density at radius 1 is 1.41 bits per heavy atom. The Bertz CT molecular complexity index is 356. The summed E-state index contributed by atoms with van der Waals surface area (Å²) in [5, 5.41) is 8.65. The van der Waals surface area contributed by atoms with Crippen molar-refractivity contribution in [2.24, 2.45) is 0 Å². The lowest BCUT2D eigenvalue weighted by molar-refractivity contribution is -0.138. The van der Waals surface area contributed by atoms with Crippen LogP contribution in [0.25, 0.3) is 0 Å². The first kappa shape index (κ1) is 13.2. The van der Waals surface area contributed by atoms with Gasteiger partial charge in [-0.15, -0.1) is 6.42 Å². The molecule has 0 radical (unpaired) electrons. The second-order valence-corrected chi connectivity index (χ2v) is 3.75. The van der Waals surface area contributed by atoms with E-state index in [4.69, 9.17) is 11.5 Å². The largest absolute Gasteiger partial charge is 0.480 e. The highest BCUT2D eigenvalue weighted by atomic mass is 16.4. The number of rotatable bonds is 6. The van der Waals surface area contributed by atoms with Gasteiger partial charge in [-0.05, 0) is 0 Å². The van der Waals surface area contributed by atoms with Crippen molar-refractivity contribution in [3.8, 4) is 12.3 Å². The lowest BCUT2D eigenvalue weighted by Gasteiger charge is -2.20. The van der Waals surface area contributed by atoms with Crippen molar-refractivity contribution in [2.75, 3.05) is 26.2 Å². The lowest BCUT2D eigenvalue weighted by atomic mass is 10.4. The Morgan fingerprint density at radius 2 is 2.00 bits per heavy atom. The van der Waals surface area contributed by atoms with E-state index in [1.54, 1.807) is 0 Å². The van der Waals surface area contributed by atoms with Crippen LogP contribution in [-0.4, -0.2) is 58.9 Å². The minimum atomic E-state index is -0.987. The second kappa shape index (κ2) is 6.01. The third kappa shape index (κ3) is 3.89. The highest BCUT2D eigenvalue weighted by molar-refractivity contribution is 6.01. The minimum Gasteiger partial charge on any atom is -0.480 e. The van der Waals surface area contributed by atoms with E-state index in [9.17, 15) is 14.4 Å². The van der Waals surface area contributed by atoms with Crippen molar-refractivity contribution in [1.82, 2.24) is 9.80 Å². The lowest BCUT2D eigenvalue weighted by Crippen LogP contribution is -2.40. The number of carboxylic acid groups (broad SMARTS) is 1. The summed E-state index contributed by atoms with van der Waals surface area (Å²) in [6.07, 6.45) is 5.60. The molecule has 1 N–H and O–H groups in total. The molecule has 0 saturated carbocycles. The maximum absolute atomic E-state index is 11.3. The number of hydrogen-bond donors (Lipinski definition) is 1. The normalized spacial score (nSPS) is 15.4. The van der Waals surface area contributed by atoms with Crippen molar-refractivity contribution in [3.63, 3.8) is 0 Å². The first-order valence-electron chi connectivity index (χ1n) is 5.25. The van der Waals surface area contributed by atoms with Crippen LogP contribution in [0, 0.1) is 12.3 Å². The smallest absolute Gasteiger partial charge is 0.317 e. The molecule has 92 valence electrons. The molecule has 0 aromatic carbocycles. The van der Waals surface area contributed by atoms with Gasteiger partial charge in [0, 0.05) is 25.9 Å². The third-order valence-electron chi connectivity index (χ3n) is 2.47. The molecule has 6 heteroatoms. The fraction of sp³-hybridized carbons (Fsp3) is 0.545. The van der Waals surface area contributed by atoms with E-state index in [-0.39, 0.29) is 50.8 Å². The summed E-state index contributed by atoms with van der Waals surface area (Å²) in [4.78, 5) is 35.8. The molecule has 0 aliphatic carbocycles. The number of nitrogens with zero attached hydrogens (tertiary/aromatic N) is 2. The van der Waals surface area contributed by atoms with Crippen LogP contribution in [0.2, 0.25) is 0 Å². The molecule has 6 nitrogen and oxygen atoms in total. The van der Waals surface area contributed by atoms with Crippen LogP contribution in [0.5, 0.6) is 0 Å². The molecule has 1 heterocycles. The molecule has 1 aliphatic heterocycles. The van der Waals surface area contributed by atoms with E-state index in [0.717, 1.165) is 4.90 Å². The fourth-order valence-corrected chi connectivity index (χ4v) is 1.65. The highest BCUT2D eigenvalue weighted by Gasteiger charge is 2.28. The summed E-state index contributed by atoms with van der Waals surface area (Å²) < 4.78 is 0. The van der Waals surface area contributed by atoms with Gasteiger partial charge in [0.2, 0.25) is 11.8 Å². The van der Waals surface area contributed by atoms with Crippen molar-refractivity contribution in [3.05, 3.63) is 0 Å². The summed E-state index contributed by atoms with van der Waals surface area (Å²) in [7, 11) is 0. The molecule has 0 atom stereocenters. The maximum Gasteiger partial charge on any atom is 0.317 e. The monoisotopic (exact) mass is 238 g/mol. The van der Waals surface area contributed by atoms with E-state index in [1.165, 1.54) is 4.90 Å². The van der Waals surface area contributed by atoms with Crippen LogP contribution in [-0.2, 0) is 14.4 Å². The summed E-state index contributed by atoms with van der Waals surface area (Å²) in [5.41, 5.74) is 0. The highest BCUT2D eigenvalue weighted by Crippen LogP contribution is 2.10. The Hall–Kier alpha value is -1.87. The van der Waals surface area contributed by atoms with Gasteiger partial charge in [0.25, 0.3) is 0 Å². The predicted molar refractivity (Wildman–Crippen MR) is 58.9 cm³/mol. The standard InChI is InChI=1S/C11H14N2O4/c1-2-5-12(8-11(16)17)6-7-13-9(14)3-4-10(13)15/h1H,3-8H2,(H,16,17). The minimum absolute atomic E-state index is 0.183. The number of carbonyl (C=O) groups excluding carboxylic acids is 2. The Kier molecular flexibility index (Phi) is 4.67. The first-order chi connectivity index (χ1) is 8.04. The zero-order valence-corrected chi connectivity index (χ0v) is 9.39. The number of hydrogen-bond acceptors (Lipinski definition) is 4. The Balaban J connectivity index is 2.46. The van der Waals surface area contributed by atoms with Crippen LogP contribution in [0.15, 0.2) is 0 Å². The van der Waals surface area contributed by atoms with Crippen molar-refractivity contribution >= 4 is 17.8 Å². The first-order valence-corrected chi connectivity index (χ1v) is 5.25. The molecule has 1 aliphatic rings. The van der Waals surface area contributed by atoms with Gasteiger partial charge in [-0.25, -0.2) is 0 Å². The number of aliphatic carboxylic acids is 1. The number of carbonyl (C=O) groups is 3. The molecule has 0 unspecified atom stereocenters. The number of imide groups is 1. The second-order valence-electron chi connectivity index (χ2n) is 3.75. The van der Waals surface area contributed by atoms with E-state index in [2.05, 4.69) is 5.92 Å². The van der Waals surface area contributed by atoms with Crippen LogP contribution in [0.4, 0.5) is 0 Å². The molecule has 1 saturated heterocycles. The van der Waals surface area contributed by atoms with Crippen molar-refractivity contribution < 1.29 is 19.5 Å². The van der Waals surface area contributed by atoms with E-state index < -0.39 is 5.97 Å². The van der Waals surface area contributed by atoms with Gasteiger partial charge in [-0.3, -0.25) is 24.2 Å². The predicted octanol–water partition coefficient (Wildman–Crippen LogP) is -0.845. The van der Waals surface area contributed by atoms with E-state index in [1.807, 2.05) is 0 Å². The zero-order chi connectivity index (χ0) is 12.8. The van der Waals surface area contributed by atoms with Gasteiger partial charge >= 0.3 is 5.97 Å². The summed E-state index contributed by atoms with van der Waals surface area (Å²) in [6.45, 7) is 0.476. The molecule has 2 amide bonds. The zero-order valence-electron chi connectivity index (χ0n) is 9.39. The van der Waals surface area contributed by atoms with E-state index in [0.29, 0.717) is 0 Å². The molecule has 0 aromatic heterocycles. The van der Waals surface area contributed by atoms with Crippen molar-refractivity contribution in [1.29, 1.82) is 0 Å². The maximum atomic E-state index is 11.3. The van der Waals surface area contributed by atoms with Gasteiger partial charge in [0.1, 0.15) is 0 Å². The molecule has 17 heavy (non-hydrogen) atoms. The molecule has 1 rings (SSSR count). The SMILES string of the molecule is C#CCN(CCN1C(=O)CCC1=O)CC(=O)O. The molecule has 0 bridgehead atoms. The average Bonchev–Trinajstić information content (AvgIpc) is 2.55. The van der Waals surface area contributed by atoms with Gasteiger partial charge < -0.3 is 5.11 Å². The van der Waals surface area contributed by atoms with Crippen LogP contribution < -0.4 is 0 Å². The number of carboxylic acids is 1. The quantitative estimate of drug-likeness (QED) is 0.482. The van der Waals surface area contributed by atoms with Crippen molar-refractivity contribution in [2.45, 2.75) is 12.8 Å². The summed E-state index contributed by atoms with van der Waals surface area (Å²) in [5.74, 6) is 0.953. The number of likely N-dealkylation sites (tertiary alicyclic amines) is 1. The van der Waals surface area contributed by atoms with Gasteiger partial charge in [0.05, 0.1) is 13.1 Å². The van der Waals surface area contributed by atoms with Gasteiger partial charge in [-0.1, -0.05) is 5.92 Å². The van der Waals surface area contributed by atoms with E-state index >= 15 is 0 Å². The number of amides is 2. The molecule has 0 spiro atoms. The molecular formula is C11H14N2O4. The van der Waals surface area contributed by atoms with Crippen LogP contribution >= 0.6 is 0 Å². The summed E-state index contributed by atoms with van der Waals surface area (Å²) >= 11 is 0. The topological polar surface area (TPSA) is 77.9 Å². The Labute approximate surface area is 99.2 Å². The van der Waals surface area contributed by atoms with Crippen LogP contribution in [0.1, 0.15) is 12.8 Å².